The lowest BCUT2D eigenvalue weighted by atomic mass is 10.1. The molecule has 14 heavy (non-hydrogen) atoms. The van der Waals surface area contributed by atoms with Crippen molar-refractivity contribution in [1.82, 2.24) is 4.98 Å². The van der Waals surface area contributed by atoms with Crippen LogP contribution in [0.25, 0.3) is 10.9 Å². The number of aryl methyl sites for hydroxylation is 1. The van der Waals surface area contributed by atoms with Gasteiger partial charge in [0.1, 0.15) is 0 Å². The number of hydrogen-bond donors (Lipinski definition) is 0. The first-order valence-corrected chi connectivity index (χ1v) is 4.18. The van der Waals surface area contributed by atoms with Gasteiger partial charge in [0.25, 0.3) is 5.69 Å². The van der Waals surface area contributed by atoms with Crippen molar-refractivity contribution in [3.05, 3.63) is 46.1 Å². The normalized spacial score (nSPS) is 10.4. The zero-order valence-corrected chi connectivity index (χ0v) is 7.60. The second-order valence-electron chi connectivity index (χ2n) is 3.11. The lowest BCUT2D eigenvalue weighted by Crippen LogP contribution is -1.90. The summed E-state index contributed by atoms with van der Waals surface area (Å²) < 4.78 is 0. The molecule has 0 unspecified atom stereocenters. The molecule has 0 fully saturated rings. The van der Waals surface area contributed by atoms with Crippen LogP contribution in [0.5, 0.6) is 0 Å². The third-order valence-corrected chi connectivity index (χ3v) is 2.07. The summed E-state index contributed by atoms with van der Waals surface area (Å²) in [5, 5.41) is 11.3. The number of nitro groups is 1. The SMILES string of the molecule is Cc1ccc2c([N+](=O)[O-])ccnc2c1. The Balaban J connectivity index is 2.81. The third kappa shape index (κ3) is 1.31. The van der Waals surface area contributed by atoms with Crippen LogP contribution in [0.15, 0.2) is 30.5 Å². The number of fused-ring (bicyclic) bond motifs is 1. The molecule has 4 nitrogen and oxygen atoms in total. The average molecular weight is 188 g/mol. The maximum Gasteiger partial charge on any atom is 0.280 e. The van der Waals surface area contributed by atoms with E-state index in [0.717, 1.165) is 5.56 Å². The molecular weight excluding hydrogens is 180 g/mol. The summed E-state index contributed by atoms with van der Waals surface area (Å²) in [5.41, 5.74) is 1.82. The van der Waals surface area contributed by atoms with Crippen LogP contribution in [0.4, 0.5) is 5.69 Å². The van der Waals surface area contributed by atoms with Gasteiger partial charge in [-0.3, -0.25) is 15.1 Å². The Morgan fingerprint density at radius 2 is 2.14 bits per heavy atom. The van der Waals surface area contributed by atoms with Crippen LogP contribution in [0, 0.1) is 17.0 Å². The van der Waals surface area contributed by atoms with E-state index in [0.29, 0.717) is 10.9 Å². The van der Waals surface area contributed by atoms with Gasteiger partial charge in [-0.2, -0.15) is 0 Å². The van der Waals surface area contributed by atoms with Crippen LogP contribution in [0.2, 0.25) is 0 Å². The topological polar surface area (TPSA) is 56.0 Å². The number of pyridine rings is 1. The molecule has 0 spiro atoms. The summed E-state index contributed by atoms with van der Waals surface area (Å²) in [4.78, 5) is 14.4. The van der Waals surface area contributed by atoms with E-state index in [1.54, 1.807) is 6.07 Å². The number of benzene rings is 1. The number of rotatable bonds is 1. The molecule has 0 aliphatic heterocycles. The van der Waals surface area contributed by atoms with Crippen LogP contribution in [0.3, 0.4) is 0 Å². The molecule has 0 bridgehead atoms. The molecule has 2 aromatic rings. The first-order chi connectivity index (χ1) is 6.68. The van der Waals surface area contributed by atoms with E-state index < -0.39 is 0 Å². The van der Waals surface area contributed by atoms with E-state index in [1.807, 2.05) is 19.1 Å². The van der Waals surface area contributed by atoms with Gasteiger partial charge in [0.2, 0.25) is 0 Å². The molecular formula is C10H8N2O2. The standard InChI is InChI=1S/C10H8N2O2/c1-7-2-3-8-9(6-7)11-5-4-10(8)12(13)14/h2-6H,1H3. The second-order valence-corrected chi connectivity index (χ2v) is 3.11. The van der Waals surface area contributed by atoms with Crippen molar-refractivity contribution in [1.29, 1.82) is 0 Å². The average Bonchev–Trinajstić information content (AvgIpc) is 2.16. The van der Waals surface area contributed by atoms with Gasteiger partial charge >= 0.3 is 0 Å². The molecule has 0 aliphatic carbocycles. The molecule has 2 rings (SSSR count). The number of hydrogen-bond acceptors (Lipinski definition) is 3. The fourth-order valence-electron chi connectivity index (χ4n) is 1.40. The molecule has 0 N–H and O–H groups in total. The molecule has 0 saturated heterocycles. The Morgan fingerprint density at radius 3 is 2.86 bits per heavy atom. The molecule has 0 saturated carbocycles. The Morgan fingerprint density at radius 1 is 1.36 bits per heavy atom. The van der Waals surface area contributed by atoms with Crippen molar-refractivity contribution < 1.29 is 4.92 Å². The fraction of sp³-hybridized carbons (Fsp3) is 0.100. The minimum Gasteiger partial charge on any atom is -0.258 e. The maximum atomic E-state index is 10.7. The van der Waals surface area contributed by atoms with Crippen LogP contribution < -0.4 is 0 Å². The van der Waals surface area contributed by atoms with E-state index in [-0.39, 0.29) is 10.6 Å². The van der Waals surface area contributed by atoms with Gasteiger partial charge in [0.05, 0.1) is 15.8 Å². The molecule has 0 radical (unpaired) electrons. The van der Waals surface area contributed by atoms with Crippen molar-refractivity contribution in [3.63, 3.8) is 0 Å². The summed E-state index contributed by atoms with van der Waals surface area (Å²) in [6, 6.07) is 6.83. The summed E-state index contributed by atoms with van der Waals surface area (Å²) in [5.74, 6) is 0. The smallest absolute Gasteiger partial charge is 0.258 e. The van der Waals surface area contributed by atoms with Gasteiger partial charge in [-0.1, -0.05) is 6.07 Å². The molecule has 0 atom stereocenters. The van der Waals surface area contributed by atoms with Crippen molar-refractivity contribution in [3.8, 4) is 0 Å². The predicted molar refractivity (Wildman–Crippen MR) is 53.1 cm³/mol. The van der Waals surface area contributed by atoms with Gasteiger partial charge in [0.15, 0.2) is 0 Å². The van der Waals surface area contributed by atoms with E-state index in [9.17, 15) is 10.1 Å². The summed E-state index contributed by atoms with van der Waals surface area (Å²) in [6.07, 6.45) is 1.46. The minimum absolute atomic E-state index is 0.106. The molecule has 1 aromatic carbocycles. The molecule has 0 aliphatic rings. The number of aromatic nitrogens is 1. The Bertz CT molecular complexity index is 508. The lowest BCUT2D eigenvalue weighted by Gasteiger charge is -1.99. The highest BCUT2D eigenvalue weighted by Crippen LogP contribution is 2.23. The van der Waals surface area contributed by atoms with Crippen LogP contribution in [-0.2, 0) is 0 Å². The number of nitrogens with zero attached hydrogens (tertiary/aromatic N) is 2. The summed E-state index contributed by atoms with van der Waals surface area (Å²) >= 11 is 0. The molecule has 4 heteroatoms. The van der Waals surface area contributed by atoms with Crippen LogP contribution in [0.1, 0.15) is 5.56 Å². The Kier molecular flexibility index (Phi) is 1.89. The molecule has 0 amide bonds. The lowest BCUT2D eigenvalue weighted by molar-refractivity contribution is -0.383. The maximum absolute atomic E-state index is 10.7. The van der Waals surface area contributed by atoms with E-state index in [2.05, 4.69) is 4.98 Å². The monoisotopic (exact) mass is 188 g/mol. The van der Waals surface area contributed by atoms with E-state index in [1.165, 1.54) is 12.3 Å². The molecule has 70 valence electrons. The highest BCUT2D eigenvalue weighted by Gasteiger charge is 2.10. The highest BCUT2D eigenvalue weighted by molar-refractivity contribution is 5.87. The van der Waals surface area contributed by atoms with Crippen molar-refractivity contribution in [2.45, 2.75) is 6.92 Å². The summed E-state index contributed by atoms with van der Waals surface area (Å²) in [7, 11) is 0. The van der Waals surface area contributed by atoms with Gasteiger partial charge in [0, 0.05) is 12.3 Å². The van der Waals surface area contributed by atoms with Crippen LogP contribution >= 0.6 is 0 Å². The zero-order valence-electron chi connectivity index (χ0n) is 7.60. The second kappa shape index (κ2) is 3.06. The molecule has 1 heterocycles. The fourth-order valence-corrected chi connectivity index (χ4v) is 1.40. The third-order valence-electron chi connectivity index (χ3n) is 2.07. The van der Waals surface area contributed by atoms with E-state index in [4.69, 9.17) is 0 Å². The zero-order chi connectivity index (χ0) is 10.1. The first-order valence-electron chi connectivity index (χ1n) is 4.18. The molecule has 1 aromatic heterocycles. The van der Waals surface area contributed by atoms with Gasteiger partial charge in [-0.05, 0) is 24.6 Å². The largest absolute Gasteiger partial charge is 0.280 e. The van der Waals surface area contributed by atoms with Crippen molar-refractivity contribution in [2.75, 3.05) is 0 Å². The first kappa shape index (κ1) is 8.62. The van der Waals surface area contributed by atoms with Crippen molar-refractivity contribution >= 4 is 16.6 Å². The Hall–Kier alpha value is -1.97. The highest BCUT2D eigenvalue weighted by atomic mass is 16.6. The van der Waals surface area contributed by atoms with Gasteiger partial charge in [-0.25, -0.2) is 0 Å². The predicted octanol–water partition coefficient (Wildman–Crippen LogP) is 2.45. The minimum atomic E-state index is -0.390. The van der Waals surface area contributed by atoms with Crippen molar-refractivity contribution in [2.24, 2.45) is 0 Å². The quantitative estimate of drug-likeness (QED) is 0.510. The van der Waals surface area contributed by atoms with Crippen LogP contribution in [-0.4, -0.2) is 9.91 Å². The Labute approximate surface area is 80.4 Å². The van der Waals surface area contributed by atoms with Gasteiger partial charge in [-0.15, -0.1) is 0 Å². The summed E-state index contributed by atoms with van der Waals surface area (Å²) in [6.45, 7) is 1.93. The van der Waals surface area contributed by atoms with E-state index >= 15 is 0 Å². The van der Waals surface area contributed by atoms with Gasteiger partial charge < -0.3 is 0 Å².